The largest absolute Gasteiger partial charge is 0.378 e. The van der Waals surface area contributed by atoms with Crippen LogP contribution in [0.3, 0.4) is 0 Å². The highest BCUT2D eigenvalue weighted by molar-refractivity contribution is 5.78. The second kappa shape index (κ2) is 7.59. The standard InChI is InChI=1S/C14H24N2O4/c1-12(17)16(11-13-3-2-8-20-13)5-4-14(18)15-6-9-19-10-7-15/h13H,2-11H2,1H3. The Balaban J connectivity index is 1.75. The number of hydrogen-bond donors (Lipinski definition) is 0. The van der Waals surface area contributed by atoms with Gasteiger partial charge in [0.2, 0.25) is 11.8 Å². The monoisotopic (exact) mass is 284 g/mol. The minimum absolute atomic E-state index is 0.00952. The Morgan fingerprint density at radius 1 is 1.25 bits per heavy atom. The second-order valence-electron chi connectivity index (χ2n) is 5.34. The van der Waals surface area contributed by atoms with Gasteiger partial charge in [-0.25, -0.2) is 0 Å². The molecule has 2 rings (SSSR count). The molecule has 114 valence electrons. The van der Waals surface area contributed by atoms with Gasteiger partial charge in [0.15, 0.2) is 0 Å². The van der Waals surface area contributed by atoms with Crippen molar-refractivity contribution in [3.8, 4) is 0 Å². The summed E-state index contributed by atoms with van der Waals surface area (Å²) in [5, 5.41) is 0. The molecule has 0 aromatic carbocycles. The van der Waals surface area contributed by atoms with Crippen LogP contribution in [0.25, 0.3) is 0 Å². The minimum atomic E-state index is 0.00952. The maximum atomic E-state index is 12.1. The lowest BCUT2D eigenvalue weighted by atomic mass is 10.2. The third-order valence-electron chi connectivity index (χ3n) is 3.85. The van der Waals surface area contributed by atoms with Gasteiger partial charge >= 0.3 is 0 Å². The highest BCUT2D eigenvalue weighted by Gasteiger charge is 2.22. The van der Waals surface area contributed by atoms with Crippen LogP contribution in [0.4, 0.5) is 0 Å². The Morgan fingerprint density at radius 3 is 2.60 bits per heavy atom. The zero-order chi connectivity index (χ0) is 14.4. The minimum Gasteiger partial charge on any atom is -0.378 e. The fourth-order valence-electron chi connectivity index (χ4n) is 2.61. The molecule has 2 amide bonds. The Kier molecular flexibility index (Phi) is 5.79. The molecule has 20 heavy (non-hydrogen) atoms. The van der Waals surface area contributed by atoms with Crippen molar-refractivity contribution in [2.75, 3.05) is 46.0 Å². The Labute approximate surface area is 120 Å². The molecule has 2 aliphatic rings. The maximum Gasteiger partial charge on any atom is 0.224 e. The van der Waals surface area contributed by atoms with Gasteiger partial charge in [0.25, 0.3) is 0 Å². The number of ether oxygens (including phenoxy) is 2. The summed E-state index contributed by atoms with van der Waals surface area (Å²) in [7, 11) is 0. The van der Waals surface area contributed by atoms with Gasteiger partial charge in [-0.3, -0.25) is 9.59 Å². The Hall–Kier alpha value is -1.14. The van der Waals surface area contributed by atoms with E-state index >= 15 is 0 Å². The number of carbonyl (C=O) groups excluding carboxylic acids is 2. The molecule has 2 heterocycles. The molecule has 0 aromatic rings. The summed E-state index contributed by atoms with van der Waals surface area (Å²) in [5.74, 6) is 0.113. The smallest absolute Gasteiger partial charge is 0.224 e. The van der Waals surface area contributed by atoms with Crippen molar-refractivity contribution in [2.24, 2.45) is 0 Å². The molecular formula is C14H24N2O4. The molecule has 0 aromatic heterocycles. The van der Waals surface area contributed by atoms with Gasteiger partial charge in [-0.1, -0.05) is 0 Å². The summed E-state index contributed by atoms with van der Waals surface area (Å²) < 4.78 is 10.8. The van der Waals surface area contributed by atoms with E-state index < -0.39 is 0 Å². The maximum absolute atomic E-state index is 12.1. The quantitative estimate of drug-likeness (QED) is 0.727. The molecule has 1 atom stereocenters. The second-order valence-corrected chi connectivity index (χ2v) is 5.34. The first-order chi connectivity index (χ1) is 9.66. The number of nitrogens with zero attached hydrogens (tertiary/aromatic N) is 2. The fraction of sp³-hybridized carbons (Fsp3) is 0.857. The number of rotatable bonds is 5. The SMILES string of the molecule is CC(=O)N(CCC(=O)N1CCOCC1)CC1CCCO1. The predicted molar refractivity (Wildman–Crippen MR) is 73.2 cm³/mol. The van der Waals surface area contributed by atoms with Crippen LogP contribution in [0.2, 0.25) is 0 Å². The molecule has 0 aliphatic carbocycles. The molecule has 0 spiro atoms. The van der Waals surface area contributed by atoms with E-state index in [9.17, 15) is 9.59 Å². The van der Waals surface area contributed by atoms with E-state index in [2.05, 4.69) is 0 Å². The highest BCUT2D eigenvalue weighted by atomic mass is 16.5. The van der Waals surface area contributed by atoms with Crippen molar-refractivity contribution in [1.29, 1.82) is 0 Å². The molecule has 0 N–H and O–H groups in total. The van der Waals surface area contributed by atoms with Crippen molar-refractivity contribution < 1.29 is 19.1 Å². The van der Waals surface area contributed by atoms with E-state index in [1.165, 1.54) is 0 Å². The van der Waals surface area contributed by atoms with Crippen molar-refractivity contribution in [2.45, 2.75) is 32.3 Å². The zero-order valence-corrected chi connectivity index (χ0v) is 12.2. The topological polar surface area (TPSA) is 59.1 Å². The average Bonchev–Trinajstić information content (AvgIpc) is 2.96. The summed E-state index contributed by atoms with van der Waals surface area (Å²) in [6.45, 7) is 5.94. The zero-order valence-electron chi connectivity index (χ0n) is 12.2. The van der Waals surface area contributed by atoms with Crippen LogP contribution in [0.15, 0.2) is 0 Å². The van der Waals surface area contributed by atoms with Gasteiger partial charge in [0, 0.05) is 46.1 Å². The molecule has 2 aliphatic heterocycles. The normalized spacial score (nSPS) is 22.9. The van der Waals surface area contributed by atoms with Gasteiger partial charge in [-0.05, 0) is 12.8 Å². The molecule has 0 bridgehead atoms. The van der Waals surface area contributed by atoms with Crippen molar-refractivity contribution in [3.05, 3.63) is 0 Å². The Morgan fingerprint density at radius 2 is 2.00 bits per heavy atom. The van der Waals surface area contributed by atoms with Crippen molar-refractivity contribution in [3.63, 3.8) is 0 Å². The van der Waals surface area contributed by atoms with Gasteiger partial charge in [-0.15, -0.1) is 0 Å². The lowest BCUT2D eigenvalue weighted by molar-refractivity contribution is -0.137. The van der Waals surface area contributed by atoms with Crippen LogP contribution < -0.4 is 0 Å². The molecule has 0 radical (unpaired) electrons. The summed E-state index contributed by atoms with van der Waals surface area (Å²) >= 11 is 0. The van der Waals surface area contributed by atoms with Gasteiger partial charge in [-0.2, -0.15) is 0 Å². The van der Waals surface area contributed by atoms with Crippen LogP contribution in [-0.2, 0) is 19.1 Å². The van der Waals surface area contributed by atoms with E-state index in [-0.39, 0.29) is 17.9 Å². The molecular weight excluding hydrogens is 260 g/mol. The number of morpholine rings is 1. The highest BCUT2D eigenvalue weighted by Crippen LogP contribution is 2.14. The molecule has 6 nitrogen and oxygen atoms in total. The van der Waals surface area contributed by atoms with Gasteiger partial charge < -0.3 is 19.3 Å². The van der Waals surface area contributed by atoms with Crippen LogP contribution in [0.5, 0.6) is 0 Å². The van der Waals surface area contributed by atoms with E-state index in [1.54, 1.807) is 11.8 Å². The van der Waals surface area contributed by atoms with Crippen molar-refractivity contribution in [1.82, 2.24) is 9.80 Å². The van der Waals surface area contributed by atoms with E-state index in [1.807, 2.05) is 4.90 Å². The van der Waals surface area contributed by atoms with Gasteiger partial charge in [0.1, 0.15) is 0 Å². The lowest BCUT2D eigenvalue weighted by Gasteiger charge is -2.29. The van der Waals surface area contributed by atoms with E-state index in [4.69, 9.17) is 9.47 Å². The molecule has 6 heteroatoms. The number of hydrogen-bond acceptors (Lipinski definition) is 4. The van der Waals surface area contributed by atoms with Crippen LogP contribution in [-0.4, -0.2) is 73.7 Å². The molecule has 2 fully saturated rings. The van der Waals surface area contributed by atoms with E-state index in [0.717, 1.165) is 19.4 Å². The Bertz CT molecular complexity index is 336. The first kappa shape index (κ1) is 15.3. The van der Waals surface area contributed by atoms with Crippen LogP contribution >= 0.6 is 0 Å². The predicted octanol–water partition coefficient (Wildman–Crippen LogP) is 0.263. The summed E-state index contributed by atoms with van der Waals surface area (Å²) in [5.41, 5.74) is 0. The molecule has 1 unspecified atom stereocenters. The third kappa shape index (κ3) is 4.45. The molecule has 2 saturated heterocycles. The lowest BCUT2D eigenvalue weighted by Crippen LogP contribution is -2.43. The number of carbonyl (C=O) groups is 2. The first-order valence-electron chi connectivity index (χ1n) is 7.39. The van der Waals surface area contributed by atoms with Crippen LogP contribution in [0, 0.1) is 0 Å². The van der Waals surface area contributed by atoms with Crippen LogP contribution in [0.1, 0.15) is 26.2 Å². The number of amides is 2. The summed E-state index contributed by atoms with van der Waals surface area (Å²) in [4.78, 5) is 27.3. The molecule has 0 saturated carbocycles. The third-order valence-corrected chi connectivity index (χ3v) is 3.85. The first-order valence-corrected chi connectivity index (χ1v) is 7.39. The fourth-order valence-corrected chi connectivity index (χ4v) is 2.61. The van der Waals surface area contributed by atoms with Gasteiger partial charge in [0.05, 0.1) is 19.3 Å². The van der Waals surface area contributed by atoms with Crippen molar-refractivity contribution >= 4 is 11.8 Å². The average molecular weight is 284 g/mol. The summed E-state index contributed by atoms with van der Waals surface area (Å²) in [6.07, 6.45) is 2.58. The van der Waals surface area contributed by atoms with E-state index in [0.29, 0.717) is 45.8 Å². The summed E-state index contributed by atoms with van der Waals surface area (Å²) in [6, 6.07) is 0.